The highest BCUT2D eigenvalue weighted by Gasteiger charge is 1.98. The third-order valence-corrected chi connectivity index (χ3v) is 1.88. The molecule has 0 saturated carbocycles. The summed E-state index contributed by atoms with van der Waals surface area (Å²) in [4.78, 5) is 11.0. The maximum atomic E-state index is 11.0. The number of carbonyl (C=O) groups is 1. The van der Waals surface area contributed by atoms with Crippen molar-refractivity contribution in [2.24, 2.45) is 0 Å². The molecule has 0 heterocycles. The normalized spacial score (nSPS) is 10.3. The summed E-state index contributed by atoms with van der Waals surface area (Å²) in [6.07, 6.45) is 3.22. The Morgan fingerprint density at radius 2 is 2.20 bits per heavy atom. The van der Waals surface area contributed by atoms with Gasteiger partial charge in [-0.1, -0.05) is 18.2 Å². The number of rotatable bonds is 4. The van der Waals surface area contributed by atoms with E-state index >= 15 is 0 Å². The van der Waals surface area contributed by atoms with Crippen molar-refractivity contribution in [1.82, 2.24) is 5.32 Å². The van der Waals surface area contributed by atoms with E-state index < -0.39 is 0 Å². The second kappa shape index (κ2) is 5.86. The van der Waals surface area contributed by atoms with Crippen molar-refractivity contribution in [2.45, 2.75) is 6.92 Å². The molecule has 0 atom stereocenters. The lowest BCUT2D eigenvalue weighted by molar-refractivity contribution is -0.115. The number of nitrogens with one attached hydrogen (secondary N) is 1. The average molecular weight is 205 g/mol. The molecule has 0 fully saturated rings. The fraction of sp³-hybridized carbons (Fsp3) is 0.250. The first-order valence-corrected chi connectivity index (χ1v) is 4.89. The Labute approximate surface area is 89.8 Å². The van der Waals surface area contributed by atoms with E-state index in [9.17, 15) is 4.79 Å². The quantitative estimate of drug-likeness (QED) is 0.762. The number of likely N-dealkylation sites (N-methyl/N-ethyl adjacent to an activating group) is 1. The third kappa shape index (κ3) is 3.46. The maximum Gasteiger partial charge on any atom is 0.243 e. The predicted octanol–water partition coefficient (Wildman–Crippen LogP) is 1.84. The molecule has 1 aromatic carbocycles. The molecule has 1 N–H and O–H groups in total. The van der Waals surface area contributed by atoms with Crippen molar-refractivity contribution >= 4 is 12.0 Å². The molecule has 1 rings (SSSR count). The Kier molecular flexibility index (Phi) is 4.41. The van der Waals surface area contributed by atoms with Crippen LogP contribution in [-0.4, -0.2) is 19.6 Å². The van der Waals surface area contributed by atoms with Gasteiger partial charge in [0.25, 0.3) is 0 Å². The van der Waals surface area contributed by atoms with Gasteiger partial charge in [0.15, 0.2) is 0 Å². The van der Waals surface area contributed by atoms with Crippen molar-refractivity contribution in [3.8, 4) is 5.75 Å². The molecular formula is C12H15NO2. The lowest BCUT2D eigenvalue weighted by Crippen LogP contribution is -2.13. The first-order valence-electron chi connectivity index (χ1n) is 4.89. The van der Waals surface area contributed by atoms with Crippen LogP contribution < -0.4 is 10.1 Å². The molecule has 15 heavy (non-hydrogen) atoms. The smallest absolute Gasteiger partial charge is 0.243 e. The molecule has 1 aromatic rings. The minimum Gasteiger partial charge on any atom is -0.493 e. The standard InChI is InChI=1S/C12H15NO2/c1-3-15-11-7-5-4-6-10(11)8-9-12(14)13-2/h4-9H,3H2,1-2H3,(H,13,14). The zero-order valence-corrected chi connectivity index (χ0v) is 8.99. The fourth-order valence-electron chi connectivity index (χ4n) is 1.15. The van der Waals surface area contributed by atoms with Crippen LogP contribution in [0.15, 0.2) is 30.3 Å². The van der Waals surface area contributed by atoms with Gasteiger partial charge in [-0.05, 0) is 19.1 Å². The predicted molar refractivity (Wildman–Crippen MR) is 60.7 cm³/mol. The summed E-state index contributed by atoms with van der Waals surface area (Å²) in [7, 11) is 1.60. The lowest BCUT2D eigenvalue weighted by atomic mass is 10.2. The molecule has 0 unspecified atom stereocenters. The molecule has 0 aromatic heterocycles. The number of benzene rings is 1. The van der Waals surface area contributed by atoms with E-state index in [4.69, 9.17) is 4.74 Å². The van der Waals surface area contributed by atoms with Gasteiger partial charge in [0, 0.05) is 18.7 Å². The summed E-state index contributed by atoms with van der Waals surface area (Å²) in [6, 6.07) is 7.60. The van der Waals surface area contributed by atoms with Gasteiger partial charge < -0.3 is 10.1 Å². The van der Waals surface area contributed by atoms with Crippen LogP contribution in [0.3, 0.4) is 0 Å². The van der Waals surface area contributed by atoms with E-state index in [-0.39, 0.29) is 5.91 Å². The summed E-state index contributed by atoms with van der Waals surface area (Å²) in [5, 5.41) is 2.52. The van der Waals surface area contributed by atoms with E-state index in [1.807, 2.05) is 31.2 Å². The highest BCUT2D eigenvalue weighted by molar-refractivity contribution is 5.91. The maximum absolute atomic E-state index is 11.0. The highest BCUT2D eigenvalue weighted by Crippen LogP contribution is 2.19. The number of amides is 1. The molecule has 0 aliphatic heterocycles. The Hall–Kier alpha value is -1.77. The van der Waals surface area contributed by atoms with Gasteiger partial charge in [-0.25, -0.2) is 0 Å². The van der Waals surface area contributed by atoms with E-state index in [1.165, 1.54) is 6.08 Å². The van der Waals surface area contributed by atoms with Gasteiger partial charge in [-0.2, -0.15) is 0 Å². The second-order valence-corrected chi connectivity index (χ2v) is 2.92. The Morgan fingerprint density at radius 3 is 2.87 bits per heavy atom. The van der Waals surface area contributed by atoms with Crippen LogP contribution in [0, 0.1) is 0 Å². The Balaban J connectivity index is 2.83. The number of hydrogen-bond donors (Lipinski definition) is 1. The summed E-state index contributed by atoms with van der Waals surface area (Å²) in [5.74, 6) is 0.668. The molecule has 80 valence electrons. The molecule has 3 heteroatoms. The van der Waals surface area contributed by atoms with Gasteiger partial charge >= 0.3 is 0 Å². The number of para-hydroxylation sites is 1. The second-order valence-electron chi connectivity index (χ2n) is 2.92. The monoisotopic (exact) mass is 205 g/mol. The van der Waals surface area contributed by atoms with E-state index in [1.54, 1.807) is 13.1 Å². The van der Waals surface area contributed by atoms with Gasteiger partial charge in [0.1, 0.15) is 5.75 Å². The highest BCUT2D eigenvalue weighted by atomic mass is 16.5. The summed E-state index contributed by atoms with van der Waals surface area (Å²) >= 11 is 0. The molecule has 0 bridgehead atoms. The molecule has 0 aliphatic rings. The zero-order chi connectivity index (χ0) is 11.1. The van der Waals surface area contributed by atoms with Crippen molar-refractivity contribution in [2.75, 3.05) is 13.7 Å². The average Bonchev–Trinajstić information content (AvgIpc) is 2.28. The molecule has 3 nitrogen and oxygen atoms in total. The third-order valence-electron chi connectivity index (χ3n) is 1.88. The lowest BCUT2D eigenvalue weighted by Gasteiger charge is -2.05. The van der Waals surface area contributed by atoms with Crippen molar-refractivity contribution in [1.29, 1.82) is 0 Å². The van der Waals surface area contributed by atoms with Crippen LogP contribution in [0.2, 0.25) is 0 Å². The minimum atomic E-state index is -0.124. The van der Waals surface area contributed by atoms with Crippen LogP contribution >= 0.6 is 0 Å². The van der Waals surface area contributed by atoms with Gasteiger partial charge in [-0.15, -0.1) is 0 Å². The fourth-order valence-corrected chi connectivity index (χ4v) is 1.15. The SMILES string of the molecule is CCOc1ccccc1C=CC(=O)NC. The van der Waals surface area contributed by atoms with Crippen molar-refractivity contribution in [3.63, 3.8) is 0 Å². The van der Waals surface area contributed by atoms with Crippen LogP contribution in [0.1, 0.15) is 12.5 Å². The minimum absolute atomic E-state index is 0.124. The molecule has 1 amide bonds. The number of ether oxygens (including phenoxy) is 1. The Morgan fingerprint density at radius 1 is 1.47 bits per heavy atom. The van der Waals surface area contributed by atoms with Crippen molar-refractivity contribution in [3.05, 3.63) is 35.9 Å². The molecule has 0 aliphatic carbocycles. The topological polar surface area (TPSA) is 38.3 Å². The van der Waals surface area contributed by atoms with Gasteiger partial charge in [0.05, 0.1) is 6.61 Å². The van der Waals surface area contributed by atoms with Crippen molar-refractivity contribution < 1.29 is 9.53 Å². The zero-order valence-electron chi connectivity index (χ0n) is 8.99. The van der Waals surface area contributed by atoms with Gasteiger partial charge in [0.2, 0.25) is 5.91 Å². The van der Waals surface area contributed by atoms with E-state index in [0.717, 1.165) is 11.3 Å². The van der Waals surface area contributed by atoms with Crippen LogP contribution in [-0.2, 0) is 4.79 Å². The Bertz CT molecular complexity index is 358. The van der Waals surface area contributed by atoms with Crippen LogP contribution in [0.4, 0.5) is 0 Å². The van der Waals surface area contributed by atoms with Gasteiger partial charge in [-0.3, -0.25) is 4.79 Å². The molecule has 0 spiro atoms. The first-order chi connectivity index (χ1) is 7.27. The summed E-state index contributed by atoms with van der Waals surface area (Å²) in [6.45, 7) is 2.55. The first kappa shape index (κ1) is 11.3. The molecular weight excluding hydrogens is 190 g/mol. The number of hydrogen-bond acceptors (Lipinski definition) is 2. The number of carbonyl (C=O) groups excluding carboxylic acids is 1. The van der Waals surface area contributed by atoms with Crippen LogP contribution in [0.25, 0.3) is 6.08 Å². The molecule has 0 radical (unpaired) electrons. The largest absolute Gasteiger partial charge is 0.493 e. The van der Waals surface area contributed by atoms with Crippen LogP contribution in [0.5, 0.6) is 5.75 Å². The van der Waals surface area contributed by atoms with E-state index in [0.29, 0.717) is 6.61 Å². The summed E-state index contributed by atoms with van der Waals surface area (Å²) < 4.78 is 5.42. The summed E-state index contributed by atoms with van der Waals surface area (Å²) in [5.41, 5.74) is 0.906. The molecule has 0 saturated heterocycles. The van der Waals surface area contributed by atoms with E-state index in [2.05, 4.69) is 5.32 Å².